The smallest absolute Gasteiger partial charge is 0.0621 e. The Balaban J connectivity index is 1.67. The average Bonchev–Trinajstić information content (AvgIpc) is 3.32. The maximum Gasteiger partial charge on any atom is 0.0621 e. The number of aromatic nitrogens is 1. The maximum atomic E-state index is 6.26. The summed E-state index contributed by atoms with van der Waals surface area (Å²) in [7, 11) is 0. The van der Waals surface area contributed by atoms with Gasteiger partial charge in [-0.25, -0.2) is 0 Å². The van der Waals surface area contributed by atoms with Gasteiger partial charge in [-0.3, -0.25) is 4.98 Å². The summed E-state index contributed by atoms with van der Waals surface area (Å²) < 4.78 is 0. The molecule has 1 atom stereocenters. The Morgan fingerprint density at radius 1 is 1.14 bits per heavy atom. The lowest BCUT2D eigenvalue weighted by Gasteiger charge is -2.18. The van der Waals surface area contributed by atoms with Crippen molar-refractivity contribution < 1.29 is 0 Å². The first-order valence-corrected chi connectivity index (χ1v) is 8.05. The molecule has 3 heteroatoms. The molecular formula is C18H21ClN2. The Bertz CT molecular complexity index is 566. The van der Waals surface area contributed by atoms with Crippen LogP contribution in [-0.2, 0) is 12.8 Å². The fraction of sp³-hybridized carbons (Fsp3) is 0.389. The van der Waals surface area contributed by atoms with Crippen LogP contribution in [0.25, 0.3) is 0 Å². The highest BCUT2D eigenvalue weighted by atomic mass is 35.5. The zero-order chi connectivity index (χ0) is 14.5. The van der Waals surface area contributed by atoms with Crippen molar-refractivity contribution >= 4 is 11.6 Å². The number of halogens is 1. The van der Waals surface area contributed by atoms with E-state index in [0.717, 1.165) is 30.5 Å². The molecule has 1 unspecified atom stereocenters. The SMILES string of the molecule is Clc1cnccc1CC(CNC1CC1)Cc1ccccc1. The second-order valence-corrected chi connectivity index (χ2v) is 6.32. The Morgan fingerprint density at radius 3 is 2.67 bits per heavy atom. The van der Waals surface area contributed by atoms with Crippen molar-refractivity contribution in [2.45, 2.75) is 31.7 Å². The summed E-state index contributed by atoms with van der Waals surface area (Å²) in [6, 6.07) is 13.5. The van der Waals surface area contributed by atoms with Gasteiger partial charge in [-0.2, -0.15) is 0 Å². The Labute approximate surface area is 131 Å². The van der Waals surface area contributed by atoms with Gasteiger partial charge in [-0.05, 0) is 55.3 Å². The van der Waals surface area contributed by atoms with Gasteiger partial charge in [0.05, 0.1) is 5.02 Å². The molecule has 21 heavy (non-hydrogen) atoms. The molecule has 3 rings (SSSR count). The van der Waals surface area contributed by atoms with E-state index < -0.39 is 0 Å². The van der Waals surface area contributed by atoms with E-state index in [2.05, 4.69) is 40.6 Å². The van der Waals surface area contributed by atoms with Crippen LogP contribution in [0, 0.1) is 5.92 Å². The molecule has 110 valence electrons. The molecule has 0 spiro atoms. The molecular weight excluding hydrogens is 280 g/mol. The largest absolute Gasteiger partial charge is 0.314 e. The van der Waals surface area contributed by atoms with E-state index in [9.17, 15) is 0 Å². The highest BCUT2D eigenvalue weighted by Gasteiger charge is 2.22. The summed E-state index contributed by atoms with van der Waals surface area (Å²) >= 11 is 6.26. The summed E-state index contributed by atoms with van der Waals surface area (Å²) in [5.74, 6) is 0.563. The monoisotopic (exact) mass is 300 g/mol. The predicted octanol–water partition coefficient (Wildman–Crippen LogP) is 3.89. The first kappa shape index (κ1) is 14.6. The summed E-state index contributed by atoms with van der Waals surface area (Å²) in [5, 5.41) is 4.44. The topological polar surface area (TPSA) is 24.9 Å². The van der Waals surface area contributed by atoms with Crippen LogP contribution in [0.4, 0.5) is 0 Å². The van der Waals surface area contributed by atoms with Crippen LogP contribution in [0.15, 0.2) is 48.8 Å². The Kier molecular flexibility index (Phi) is 4.89. The number of pyridine rings is 1. The molecule has 1 saturated carbocycles. The number of hydrogen-bond acceptors (Lipinski definition) is 2. The van der Waals surface area contributed by atoms with Crippen molar-refractivity contribution in [1.29, 1.82) is 0 Å². The third-order valence-corrected chi connectivity index (χ3v) is 4.35. The quantitative estimate of drug-likeness (QED) is 0.839. The molecule has 1 aromatic carbocycles. The number of nitrogens with one attached hydrogen (secondary N) is 1. The first-order chi connectivity index (χ1) is 10.3. The van der Waals surface area contributed by atoms with Crippen LogP contribution in [0.1, 0.15) is 24.0 Å². The minimum Gasteiger partial charge on any atom is -0.314 e. The standard InChI is InChI=1S/C18H21ClN2/c19-18-13-20-9-8-16(18)11-15(12-21-17-6-7-17)10-14-4-2-1-3-5-14/h1-5,8-9,13,15,17,21H,6-7,10-12H2. The van der Waals surface area contributed by atoms with Crippen molar-refractivity contribution in [3.63, 3.8) is 0 Å². The highest BCUT2D eigenvalue weighted by molar-refractivity contribution is 6.31. The minimum atomic E-state index is 0.563. The van der Waals surface area contributed by atoms with Crippen molar-refractivity contribution in [3.05, 3.63) is 64.9 Å². The van der Waals surface area contributed by atoms with Gasteiger partial charge in [0.15, 0.2) is 0 Å². The van der Waals surface area contributed by atoms with Gasteiger partial charge in [-0.15, -0.1) is 0 Å². The van der Waals surface area contributed by atoms with E-state index in [0.29, 0.717) is 5.92 Å². The molecule has 1 aliphatic carbocycles. The molecule has 0 saturated heterocycles. The van der Waals surface area contributed by atoms with Crippen molar-refractivity contribution in [2.24, 2.45) is 5.92 Å². The van der Waals surface area contributed by atoms with Gasteiger partial charge in [0.2, 0.25) is 0 Å². The third-order valence-electron chi connectivity index (χ3n) is 4.00. The molecule has 0 bridgehead atoms. The third kappa shape index (κ3) is 4.55. The second kappa shape index (κ2) is 7.06. The highest BCUT2D eigenvalue weighted by Crippen LogP contribution is 2.23. The van der Waals surface area contributed by atoms with Gasteiger partial charge in [0.25, 0.3) is 0 Å². The maximum absolute atomic E-state index is 6.26. The zero-order valence-electron chi connectivity index (χ0n) is 12.1. The predicted molar refractivity (Wildman–Crippen MR) is 87.6 cm³/mol. The van der Waals surface area contributed by atoms with E-state index in [1.807, 2.05) is 12.3 Å². The van der Waals surface area contributed by atoms with Gasteiger partial charge < -0.3 is 5.32 Å². The Morgan fingerprint density at radius 2 is 1.95 bits per heavy atom. The van der Waals surface area contributed by atoms with Crippen LogP contribution in [0.5, 0.6) is 0 Å². The van der Waals surface area contributed by atoms with Crippen LogP contribution in [0.2, 0.25) is 5.02 Å². The fourth-order valence-electron chi connectivity index (χ4n) is 2.67. The van der Waals surface area contributed by atoms with Crippen molar-refractivity contribution in [2.75, 3.05) is 6.54 Å². The van der Waals surface area contributed by atoms with Crippen LogP contribution in [0.3, 0.4) is 0 Å². The Hall–Kier alpha value is -1.38. The molecule has 1 N–H and O–H groups in total. The van der Waals surface area contributed by atoms with Crippen molar-refractivity contribution in [1.82, 2.24) is 10.3 Å². The van der Waals surface area contributed by atoms with Gasteiger partial charge in [0, 0.05) is 18.4 Å². The second-order valence-electron chi connectivity index (χ2n) is 5.91. The molecule has 2 aromatic rings. The van der Waals surface area contributed by atoms with Gasteiger partial charge >= 0.3 is 0 Å². The van der Waals surface area contributed by atoms with Gasteiger partial charge in [-0.1, -0.05) is 41.9 Å². The molecule has 0 amide bonds. The summed E-state index contributed by atoms with van der Waals surface area (Å²) in [6.45, 7) is 1.05. The lowest BCUT2D eigenvalue weighted by molar-refractivity contribution is 0.469. The van der Waals surface area contributed by atoms with Crippen molar-refractivity contribution in [3.8, 4) is 0 Å². The zero-order valence-corrected chi connectivity index (χ0v) is 12.9. The summed E-state index contributed by atoms with van der Waals surface area (Å²) in [5.41, 5.74) is 2.59. The van der Waals surface area contributed by atoms with E-state index >= 15 is 0 Å². The number of nitrogens with zero attached hydrogens (tertiary/aromatic N) is 1. The molecule has 0 radical (unpaired) electrons. The summed E-state index contributed by atoms with van der Waals surface area (Å²) in [4.78, 5) is 4.07. The van der Waals surface area contributed by atoms with Crippen LogP contribution < -0.4 is 5.32 Å². The lowest BCUT2D eigenvalue weighted by atomic mass is 9.92. The number of rotatable bonds is 7. The number of hydrogen-bond donors (Lipinski definition) is 1. The average molecular weight is 301 g/mol. The fourth-order valence-corrected chi connectivity index (χ4v) is 2.86. The summed E-state index contributed by atoms with van der Waals surface area (Å²) in [6.07, 6.45) is 8.30. The number of benzene rings is 1. The molecule has 1 aliphatic rings. The molecule has 1 aromatic heterocycles. The van der Waals surface area contributed by atoms with Crippen LogP contribution >= 0.6 is 11.6 Å². The van der Waals surface area contributed by atoms with E-state index in [1.165, 1.54) is 24.0 Å². The van der Waals surface area contributed by atoms with E-state index in [-0.39, 0.29) is 0 Å². The van der Waals surface area contributed by atoms with Crippen LogP contribution in [-0.4, -0.2) is 17.6 Å². The molecule has 0 aliphatic heterocycles. The first-order valence-electron chi connectivity index (χ1n) is 7.67. The lowest BCUT2D eigenvalue weighted by Crippen LogP contribution is -2.27. The molecule has 2 nitrogen and oxygen atoms in total. The molecule has 1 fully saturated rings. The normalized spacial score (nSPS) is 15.9. The van der Waals surface area contributed by atoms with Gasteiger partial charge in [0.1, 0.15) is 0 Å². The molecule has 1 heterocycles. The van der Waals surface area contributed by atoms with E-state index in [4.69, 9.17) is 11.6 Å². The minimum absolute atomic E-state index is 0.563. The van der Waals surface area contributed by atoms with E-state index in [1.54, 1.807) is 6.20 Å².